The first kappa shape index (κ1) is 17.8. The zero-order valence-corrected chi connectivity index (χ0v) is 15.1. The smallest absolute Gasteiger partial charge is 0.227 e. The summed E-state index contributed by atoms with van der Waals surface area (Å²) in [6.45, 7) is 0.699. The van der Waals surface area contributed by atoms with Gasteiger partial charge in [0.2, 0.25) is 17.6 Å². The molecule has 0 bridgehead atoms. The molecule has 0 spiro atoms. The van der Waals surface area contributed by atoms with Gasteiger partial charge in [-0.15, -0.1) is 0 Å². The number of hydrogen-bond donors (Lipinski definition) is 0. The van der Waals surface area contributed by atoms with Crippen molar-refractivity contribution in [1.29, 1.82) is 0 Å². The third-order valence-corrected chi connectivity index (χ3v) is 4.29. The van der Waals surface area contributed by atoms with Crippen LogP contribution in [-0.4, -0.2) is 44.1 Å². The predicted molar refractivity (Wildman–Crippen MR) is 97.2 cm³/mol. The van der Waals surface area contributed by atoms with Crippen LogP contribution < -0.4 is 0 Å². The lowest BCUT2D eigenvalue weighted by Gasteiger charge is -2.16. The van der Waals surface area contributed by atoms with Gasteiger partial charge in [0.1, 0.15) is 5.82 Å². The molecule has 7 nitrogen and oxygen atoms in total. The minimum Gasteiger partial charge on any atom is -0.346 e. The van der Waals surface area contributed by atoms with Crippen LogP contribution in [0.5, 0.6) is 0 Å². The molecular weight excluding hydrogens is 330 g/mol. The number of nitrogens with zero attached hydrogens (tertiary/aromatic N) is 5. The Labute approximate surface area is 152 Å². The van der Waals surface area contributed by atoms with Crippen LogP contribution in [0.1, 0.15) is 24.6 Å². The van der Waals surface area contributed by atoms with Crippen molar-refractivity contribution in [3.05, 3.63) is 54.4 Å². The Bertz CT molecular complexity index is 841. The van der Waals surface area contributed by atoms with Gasteiger partial charge in [-0.05, 0) is 6.42 Å². The average molecular weight is 353 g/mol. The number of amides is 1. The number of aromatic nitrogens is 4. The van der Waals surface area contributed by atoms with E-state index in [-0.39, 0.29) is 5.91 Å². The fraction of sp³-hybridized carbons (Fsp3) is 0.368. The molecule has 1 aromatic carbocycles. The van der Waals surface area contributed by atoms with E-state index in [4.69, 9.17) is 4.52 Å². The Morgan fingerprint density at radius 3 is 2.77 bits per heavy atom. The van der Waals surface area contributed by atoms with Gasteiger partial charge >= 0.3 is 0 Å². The Balaban J connectivity index is 1.43. The van der Waals surface area contributed by atoms with Crippen molar-refractivity contribution < 1.29 is 9.32 Å². The summed E-state index contributed by atoms with van der Waals surface area (Å²) < 4.78 is 7.25. The molecule has 0 fully saturated rings. The molecule has 2 heterocycles. The molecule has 0 saturated carbocycles. The third-order valence-electron chi connectivity index (χ3n) is 4.29. The fourth-order valence-corrected chi connectivity index (χ4v) is 2.70. The Morgan fingerprint density at radius 1 is 1.23 bits per heavy atom. The predicted octanol–water partition coefficient (Wildman–Crippen LogP) is 2.49. The molecule has 7 heteroatoms. The second-order valence-corrected chi connectivity index (χ2v) is 6.25. The molecule has 2 aromatic heterocycles. The minimum absolute atomic E-state index is 0.0734. The largest absolute Gasteiger partial charge is 0.346 e. The number of carbonyl (C=O) groups is 1. The van der Waals surface area contributed by atoms with Crippen LogP contribution in [0.4, 0.5) is 0 Å². The van der Waals surface area contributed by atoms with Gasteiger partial charge in [0.15, 0.2) is 0 Å². The molecule has 3 rings (SSSR count). The highest BCUT2D eigenvalue weighted by Crippen LogP contribution is 2.15. The van der Waals surface area contributed by atoms with Crippen molar-refractivity contribution in [3.8, 4) is 11.4 Å². The highest BCUT2D eigenvalue weighted by Gasteiger charge is 2.13. The van der Waals surface area contributed by atoms with Crippen LogP contribution >= 0.6 is 0 Å². The first-order valence-electron chi connectivity index (χ1n) is 8.71. The zero-order chi connectivity index (χ0) is 18.4. The normalized spacial score (nSPS) is 10.8. The van der Waals surface area contributed by atoms with Crippen molar-refractivity contribution in [3.63, 3.8) is 0 Å². The summed E-state index contributed by atoms with van der Waals surface area (Å²) >= 11 is 0. The number of carbonyl (C=O) groups excluding carboxylic acids is 1. The molecular formula is C19H23N5O2. The highest BCUT2D eigenvalue weighted by molar-refractivity contribution is 5.76. The molecule has 0 N–H and O–H groups in total. The summed E-state index contributed by atoms with van der Waals surface area (Å²) in [4.78, 5) is 22.7. The van der Waals surface area contributed by atoms with Gasteiger partial charge in [-0.2, -0.15) is 4.98 Å². The molecule has 0 radical (unpaired) electrons. The Hall–Kier alpha value is -2.96. The third kappa shape index (κ3) is 4.56. The number of rotatable bonds is 8. The Morgan fingerprint density at radius 2 is 2.04 bits per heavy atom. The fourth-order valence-electron chi connectivity index (χ4n) is 2.70. The SMILES string of the molecule is CN(CCCc1nccn1C)C(=O)CCc1nc(-c2ccccc2)no1. The van der Waals surface area contributed by atoms with Crippen LogP contribution in [0.25, 0.3) is 11.4 Å². The molecule has 3 aromatic rings. The maximum Gasteiger partial charge on any atom is 0.227 e. The van der Waals surface area contributed by atoms with Gasteiger partial charge in [-0.25, -0.2) is 4.98 Å². The second kappa shape index (κ2) is 8.42. The van der Waals surface area contributed by atoms with E-state index >= 15 is 0 Å². The van der Waals surface area contributed by atoms with Crippen LogP contribution in [0.3, 0.4) is 0 Å². The molecule has 136 valence electrons. The maximum atomic E-state index is 12.3. The molecule has 0 aliphatic heterocycles. The first-order chi connectivity index (χ1) is 12.6. The number of hydrogen-bond acceptors (Lipinski definition) is 5. The number of aryl methyl sites for hydroxylation is 3. The molecule has 1 amide bonds. The van der Waals surface area contributed by atoms with Crippen LogP contribution in [0, 0.1) is 0 Å². The van der Waals surface area contributed by atoms with Gasteiger partial charge < -0.3 is 14.0 Å². The average Bonchev–Trinajstić information content (AvgIpc) is 3.30. The highest BCUT2D eigenvalue weighted by atomic mass is 16.5. The van der Waals surface area contributed by atoms with Crippen molar-refractivity contribution >= 4 is 5.91 Å². The Kier molecular flexibility index (Phi) is 5.78. The van der Waals surface area contributed by atoms with Crippen molar-refractivity contribution in [2.75, 3.05) is 13.6 Å². The van der Waals surface area contributed by atoms with Gasteiger partial charge in [0, 0.05) is 57.9 Å². The molecule has 26 heavy (non-hydrogen) atoms. The quantitative estimate of drug-likeness (QED) is 0.622. The summed E-state index contributed by atoms with van der Waals surface area (Å²) in [5.74, 6) is 2.14. The van der Waals surface area contributed by atoms with E-state index in [1.54, 1.807) is 11.1 Å². The lowest BCUT2D eigenvalue weighted by molar-refractivity contribution is -0.130. The van der Waals surface area contributed by atoms with E-state index in [2.05, 4.69) is 15.1 Å². The molecule has 0 aliphatic carbocycles. The molecule has 0 aliphatic rings. The van der Waals surface area contributed by atoms with E-state index in [0.29, 0.717) is 31.1 Å². The maximum absolute atomic E-state index is 12.3. The lowest BCUT2D eigenvalue weighted by Crippen LogP contribution is -2.28. The summed E-state index contributed by atoms with van der Waals surface area (Å²) in [6, 6.07) is 9.64. The standard InChI is InChI=1S/C19H23N5O2/c1-23-14-12-20-16(23)9-6-13-24(2)18(25)11-10-17-21-19(22-26-17)15-7-4-3-5-8-15/h3-5,7-8,12,14H,6,9-11,13H2,1-2H3. The van der Waals surface area contributed by atoms with Crippen LogP contribution in [-0.2, 0) is 24.7 Å². The lowest BCUT2D eigenvalue weighted by atomic mass is 10.2. The number of imidazole rings is 1. The monoisotopic (exact) mass is 353 g/mol. The zero-order valence-electron chi connectivity index (χ0n) is 15.1. The van der Waals surface area contributed by atoms with Gasteiger partial charge in [0.25, 0.3) is 0 Å². The topological polar surface area (TPSA) is 77.1 Å². The summed E-state index contributed by atoms with van der Waals surface area (Å²) in [5.41, 5.74) is 0.903. The van der Waals surface area contributed by atoms with E-state index in [9.17, 15) is 4.79 Å². The van der Waals surface area contributed by atoms with Gasteiger partial charge in [-0.1, -0.05) is 35.5 Å². The van der Waals surface area contributed by atoms with Gasteiger partial charge in [-0.3, -0.25) is 4.79 Å². The molecule has 0 unspecified atom stereocenters. The minimum atomic E-state index is 0.0734. The van der Waals surface area contributed by atoms with Crippen molar-refractivity contribution in [1.82, 2.24) is 24.6 Å². The van der Waals surface area contributed by atoms with Gasteiger partial charge in [0.05, 0.1) is 0 Å². The summed E-state index contributed by atoms with van der Waals surface area (Å²) in [7, 11) is 3.80. The van der Waals surface area contributed by atoms with Crippen LogP contribution in [0.15, 0.2) is 47.2 Å². The van der Waals surface area contributed by atoms with E-state index in [1.807, 2.05) is 55.2 Å². The molecule has 0 atom stereocenters. The summed E-state index contributed by atoms with van der Waals surface area (Å²) in [5, 5.41) is 3.98. The first-order valence-corrected chi connectivity index (χ1v) is 8.71. The van der Waals surface area contributed by atoms with E-state index in [0.717, 1.165) is 24.2 Å². The van der Waals surface area contributed by atoms with E-state index in [1.165, 1.54) is 0 Å². The number of benzene rings is 1. The summed E-state index contributed by atoms with van der Waals surface area (Å²) in [6.07, 6.45) is 6.26. The van der Waals surface area contributed by atoms with Crippen LogP contribution in [0.2, 0.25) is 0 Å². The van der Waals surface area contributed by atoms with Crippen molar-refractivity contribution in [2.45, 2.75) is 25.7 Å². The second-order valence-electron chi connectivity index (χ2n) is 6.25. The van der Waals surface area contributed by atoms with Crippen molar-refractivity contribution in [2.24, 2.45) is 7.05 Å². The van der Waals surface area contributed by atoms with E-state index < -0.39 is 0 Å². The molecule has 0 saturated heterocycles.